The molecule has 15 heavy (non-hydrogen) atoms. The first-order chi connectivity index (χ1) is 7.33. The van der Waals surface area contributed by atoms with E-state index in [-0.39, 0.29) is 5.82 Å². The van der Waals surface area contributed by atoms with E-state index in [9.17, 15) is 0 Å². The third kappa shape index (κ3) is 1.90. The van der Waals surface area contributed by atoms with Gasteiger partial charge in [-0.2, -0.15) is 5.26 Å². The molecule has 0 aliphatic rings. The van der Waals surface area contributed by atoms with Gasteiger partial charge in [-0.3, -0.25) is 0 Å². The van der Waals surface area contributed by atoms with Crippen molar-refractivity contribution in [3.05, 3.63) is 17.8 Å². The second kappa shape index (κ2) is 3.99. The Bertz CT molecular complexity index is 493. The highest BCUT2D eigenvalue weighted by atomic mass is 32.1. The molecule has 8 nitrogen and oxygen atoms in total. The molecule has 0 saturated carbocycles. The van der Waals surface area contributed by atoms with Gasteiger partial charge in [0.05, 0.1) is 6.54 Å². The molecule has 0 spiro atoms. The standard InChI is InChI=1S/C6H6N8S/c7-1-5-9-3-14(12-5)2-4-6(10-8)15-13-11-4/h3,10H,2,8H2. The summed E-state index contributed by atoms with van der Waals surface area (Å²) in [5.41, 5.74) is 3.15. The van der Waals surface area contributed by atoms with Crippen molar-refractivity contribution in [3.8, 4) is 6.07 Å². The maximum Gasteiger partial charge on any atom is 0.252 e. The molecule has 76 valence electrons. The topological polar surface area (TPSA) is 118 Å². The van der Waals surface area contributed by atoms with Gasteiger partial charge in [0, 0.05) is 11.5 Å². The minimum atomic E-state index is 0.125. The summed E-state index contributed by atoms with van der Waals surface area (Å²) in [4.78, 5) is 3.77. The number of nitriles is 1. The molecule has 0 amide bonds. The lowest BCUT2D eigenvalue weighted by Crippen LogP contribution is -2.09. The van der Waals surface area contributed by atoms with E-state index in [1.807, 2.05) is 6.07 Å². The Hall–Kier alpha value is -2.05. The zero-order chi connectivity index (χ0) is 10.7. The summed E-state index contributed by atoms with van der Waals surface area (Å²) < 4.78 is 5.23. The van der Waals surface area contributed by atoms with Crippen molar-refractivity contribution >= 4 is 16.5 Å². The summed E-state index contributed by atoms with van der Waals surface area (Å²) in [6, 6.07) is 1.84. The highest BCUT2D eigenvalue weighted by Gasteiger charge is 2.08. The van der Waals surface area contributed by atoms with Crippen molar-refractivity contribution in [3.63, 3.8) is 0 Å². The van der Waals surface area contributed by atoms with Crippen molar-refractivity contribution < 1.29 is 0 Å². The lowest BCUT2D eigenvalue weighted by molar-refractivity contribution is 0.667. The average Bonchev–Trinajstić information content (AvgIpc) is 2.87. The Morgan fingerprint density at radius 2 is 2.53 bits per heavy atom. The number of hydrogen-bond acceptors (Lipinski definition) is 8. The lowest BCUT2D eigenvalue weighted by Gasteiger charge is -1.98. The van der Waals surface area contributed by atoms with Crippen LogP contribution >= 0.6 is 11.5 Å². The summed E-state index contributed by atoms with van der Waals surface area (Å²) in [5.74, 6) is 5.39. The molecule has 0 aromatic carbocycles. The van der Waals surface area contributed by atoms with E-state index in [2.05, 4.69) is 25.1 Å². The van der Waals surface area contributed by atoms with Crippen molar-refractivity contribution in [1.82, 2.24) is 24.4 Å². The molecule has 0 fully saturated rings. The number of hydrazine groups is 1. The number of hydrogen-bond donors (Lipinski definition) is 2. The zero-order valence-corrected chi connectivity index (χ0v) is 8.27. The maximum absolute atomic E-state index is 8.53. The Morgan fingerprint density at radius 1 is 1.67 bits per heavy atom. The number of nitrogens with zero attached hydrogens (tertiary/aromatic N) is 6. The van der Waals surface area contributed by atoms with Crippen molar-refractivity contribution in [2.75, 3.05) is 5.43 Å². The molecule has 0 atom stereocenters. The predicted molar refractivity (Wildman–Crippen MR) is 51.6 cm³/mol. The van der Waals surface area contributed by atoms with E-state index in [4.69, 9.17) is 11.1 Å². The van der Waals surface area contributed by atoms with Crippen molar-refractivity contribution in [1.29, 1.82) is 5.26 Å². The molecule has 2 aromatic heterocycles. The summed E-state index contributed by atoms with van der Waals surface area (Å²) in [5, 5.41) is 17.0. The van der Waals surface area contributed by atoms with Gasteiger partial charge in [0.15, 0.2) is 0 Å². The number of rotatable bonds is 3. The first kappa shape index (κ1) is 9.50. The molecule has 2 heterocycles. The normalized spacial score (nSPS) is 9.87. The predicted octanol–water partition coefficient (Wildman–Crippen LogP) is -0.665. The Labute approximate surface area is 88.5 Å². The van der Waals surface area contributed by atoms with Gasteiger partial charge in [-0.15, -0.1) is 10.2 Å². The van der Waals surface area contributed by atoms with Crippen LogP contribution in [0.4, 0.5) is 5.00 Å². The quantitative estimate of drug-likeness (QED) is 0.522. The first-order valence-corrected chi connectivity index (χ1v) is 4.68. The van der Waals surface area contributed by atoms with Gasteiger partial charge in [-0.25, -0.2) is 15.5 Å². The van der Waals surface area contributed by atoms with Crippen LogP contribution in [0.3, 0.4) is 0 Å². The van der Waals surface area contributed by atoms with Crippen LogP contribution in [0, 0.1) is 11.3 Å². The Kier molecular flexibility index (Phi) is 2.53. The zero-order valence-electron chi connectivity index (χ0n) is 7.45. The van der Waals surface area contributed by atoms with E-state index < -0.39 is 0 Å². The van der Waals surface area contributed by atoms with Crippen molar-refractivity contribution in [2.45, 2.75) is 6.54 Å². The molecule has 2 aromatic rings. The van der Waals surface area contributed by atoms with Crippen LogP contribution in [-0.4, -0.2) is 24.4 Å². The number of nitrogens with two attached hydrogens (primary N) is 1. The van der Waals surface area contributed by atoms with E-state index >= 15 is 0 Å². The van der Waals surface area contributed by atoms with Gasteiger partial charge < -0.3 is 5.43 Å². The smallest absolute Gasteiger partial charge is 0.252 e. The van der Waals surface area contributed by atoms with Crippen LogP contribution in [0.25, 0.3) is 0 Å². The summed E-state index contributed by atoms with van der Waals surface area (Å²) in [6.07, 6.45) is 1.46. The highest BCUT2D eigenvalue weighted by Crippen LogP contribution is 2.16. The SMILES string of the molecule is N#Cc1ncn(Cc2nnsc2NN)n1. The van der Waals surface area contributed by atoms with E-state index in [0.717, 1.165) is 11.5 Å². The molecular weight excluding hydrogens is 216 g/mol. The molecule has 9 heteroatoms. The summed E-state index contributed by atoms with van der Waals surface area (Å²) >= 11 is 1.16. The fraction of sp³-hybridized carbons (Fsp3) is 0.167. The van der Waals surface area contributed by atoms with E-state index in [1.54, 1.807) is 0 Å². The van der Waals surface area contributed by atoms with Crippen molar-refractivity contribution in [2.24, 2.45) is 5.84 Å². The minimum Gasteiger partial charge on any atom is -0.313 e. The number of nitrogen functional groups attached to an aromatic ring is 1. The van der Waals surface area contributed by atoms with Gasteiger partial charge in [0.25, 0.3) is 5.82 Å². The van der Waals surface area contributed by atoms with Crippen LogP contribution in [0.5, 0.6) is 0 Å². The maximum atomic E-state index is 8.53. The third-order valence-corrected chi connectivity index (χ3v) is 2.33. The second-order valence-corrected chi connectivity index (χ2v) is 3.32. The van der Waals surface area contributed by atoms with Crippen LogP contribution in [0.1, 0.15) is 11.5 Å². The van der Waals surface area contributed by atoms with E-state index in [1.165, 1.54) is 11.0 Å². The number of anilines is 1. The second-order valence-electron chi connectivity index (χ2n) is 2.57. The van der Waals surface area contributed by atoms with Gasteiger partial charge in [0.1, 0.15) is 23.1 Å². The summed E-state index contributed by atoms with van der Waals surface area (Å²) in [6.45, 7) is 0.380. The van der Waals surface area contributed by atoms with Crippen LogP contribution < -0.4 is 11.3 Å². The first-order valence-electron chi connectivity index (χ1n) is 3.91. The molecule has 0 bridgehead atoms. The molecule has 2 rings (SSSR count). The number of aromatic nitrogens is 5. The molecule has 0 saturated heterocycles. The fourth-order valence-electron chi connectivity index (χ4n) is 0.997. The van der Waals surface area contributed by atoms with Gasteiger partial charge in [-0.05, 0) is 0 Å². The number of nitrogens with one attached hydrogen (secondary N) is 1. The molecular formula is C6H6N8S. The molecule has 0 unspecified atom stereocenters. The monoisotopic (exact) mass is 222 g/mol. The molecule has 0 aliphatic carbocycles. The van der Waals surface area contributed by atoms with Crippen LogP contribution in [0.2, 0.25) is 0 Å². The molecule has 3 N–H and O–H groups in total. The Morgan fingerprint density at radius 3 is 3.20 bits per heavy atom. The fourth-order valence-corrected chi connectivity index (χ4v) is 1.48. The van der Waals surface area contributed by atoms with Crippen LogP contribution in [0.15, 0.2) is 6.33 Å². The minimum absolute atomic E-state index is 0.125. The van der Waals surface area contributed by atoms with E-state index in [0.29, 0.717) is 17.2 Å². The molecule has 0 radical (unpaired) electrons. The van der Waals surface area contributed by atoms with Gasteiger partial charge in [0.2, 0.25) is 0 Å². The van der Waals surface area contributed by atoms with Crippen LogP contribution in [-0.2, 0) is 6.54 Å². The Balaban J connectivity index is 2.18. The van der Waals surface area contributed by atoms with Gasteiger partial charge in [-0.1, -0.05) is 4.49 Å². The average molecular weight is 222 g/mol. The summed E-state index contributed by atoms with van der Waals surface area (Å²) in [7, 11) is 0. The van der Waals surface area contributed by atoms with Gasteiger partial charge >= 0.3 is 0 Å². The largest absolute Gasteiger partial charge is 0.313 e. The molecule has 0 aliphatic heterocycles. The third-order valence-electron chi connectivity index (χ3n) is 1.64. The lowest BCUT2D eigenvalue weighted by atomic mass is 10.4. The highest BCUT2D eigenvalue weighted by molar-refractivity contribution is 7.10.